The van der Waals surface area contributed by atoms with Gasteiger partial charge >= 0.3 is 0 Å². The summed E-state index contributed by atoms with van der Waals surface area (Å²) in [5.41, 5.74) is 9.30. The average Bonchev–Trinajstić information content (AvgIpc) is 2.82. The summed E-state index contributed by atoms with van der Waals surface area (Å²) in [6.45, 7) is 2.02. The van der Waals surface area contributed by atoms with Crippen LogP contribution in [0.1, 0.15) is 15.9 Å². The molecule has 3 aromatic rings. The smallest absolute Gasteiger partial charge is 0.248 e. The van der Waals surface area contributed by atoms with Crippen molar-refractivity contribution in [3.05, 3.63) is 53.6 Å². The van der Waals surface area contributed by atoms with Gasteiger partial charge in [0.2, 0.25) is 5.91 Å². The number of hydrogen-bond acceptors (Lipinski definition) is 3. The molecule has 0 saturated heterocycles. The highest BCUT2D eigenvalue weighted by atomic mass is 16.1. The van der Waals surface area contributed by atoms with Gasteiger partial charge in [-0.1, -0.05) is 22.9 Å². The van der Waals surface area contributed by atoms with Gasteiger partial charge in [-0.25, -0.2) is 4.68 Å². The Hall–Kier alpha value is -2.69. The van der Waals surface area contributed by atoms with Crippen LogP contribution in [0.15, 0.2) is 42.5 Å². The van der Waals surface area contributed by atoms with Crippen molar-refractivity contribution >= 4 is 16.9 Å². The molecule has 2 aromatic carbocycles. The quantitative estimate of drug-likeness (QED) is 0.756. The molecule has 94 valence electrons. The number of nitrogens with two attached hydrogens (primary N) is 1. The molecular formula is C14H12N4O. The van der Waals surface area contributed by atoms with E-state index in [2.05, 4.69) is 10.3 Å². The Morgan fingerprint density at radius 1 is 1.16 bits per heavy atom. The molecule has 0 aliphatic carbocycles. The molecule has 5 nitrogen and oxygen atoms in total. The van der Waals surface area contributed by atoms with Crippen LogP contribution in [0.4, 0.5) is 0 Å². The summed E-state index contributed by atoms with van der Waals surface area (Å²) in [7, 11) is 0. The predicted octanol–water partition coefficient (Wildman–Crippen LogP) is 1.83. The number of aryl methyl sites for hydroxylation is 1. The Bertz CT molecular complexity index is 759. The zero-order chi connectivity index (χ0) is 13.4. The van der Waals surface area contributed by atoms with Crippen LogP contribution in [-0.2, 0) is 0 Å². The molecule has 3 rings (SSSR count). The van der Waals surface area contributed by atoms with Gasteiger partial charge in [0.25, 0.3) is 0 Å². The highest BCUT2D eigenvalue weighted by Gasteiger charge is 2.09. The van der Waals surface area contributed by atoms with E-state index in [1.165, 1.54) is 5.56 Å². The van der Waals surface area contributed by atoms with Gasteiger partial charge in [0.05, 0.1) is 11.2 Å². The molecule has 1 amide bonds. The second-order valence-electron chi connectivity index (χ2n) is 4.40. The first-order chi connectivity index (χ1) is 9.15. The molecule has 0 radical (unpaired) electrons. The Balaban J connectivity index is 2.21. The van der Waals surface area contributed by atoms with Gasteiger partial charge in [0.15, 0.2) is 0 Å². The number of amides is 1. The van der Waals surface area contributed by atoms with Crippen molar-refractivity contribution in [2.75, 3.05) is 0 Å². The minimum Gasteiger partial charge on any atom is -0.366 e. The van der Waals surface area contributed by atoms with Crippen LogP contribution in [0.25, 0.3) is 16.7 Å². The molecule has 1 heterocycles. The van der Waals surface area contributed by atoms with E-state index in [4.69, 9.17) is 5.73 Å². The molecule has 0 aliphatic heterocycles. The summed E-state index contributed by atoms with van der Waals surface area (Å²) in [5, 5.41) is 8.19. The number of carbonyl (C=O) groups excluding carboxylic acids is 1. The van der Waals surface area contributed by atoms with Crippen molar-refractivity contribution < 1.29 is 4.79 Å². The normalized spacial score (nSPS) is 10.8. The first-order valence-corrected chi connectivity index (χ1v) is 5.87. The average molecular weight is 252 g/mol. The molecule has 0 bridgehead atoms. The van der Waals surface area contributed by atoms with E-state index in [9.17, 15) is 4.79 Å². The third kappa shape index (κ3) is 1.95. The van der Waals surface area contributed by atoms with E-state index in [1.54, 1.807) is 22.9 Å². The number of fused-ring (bicyclic) bond motifs is 1. The lowest BCUT2D eigenvalue weighted by atomic mass is 10.2. The molecule has 0 atom stereocenters. The summed E-state index contributed by atoms with van der Waals surface area (Å²) < 4.78 is 1.70. The number of carbonyl (C=O) groups is 1. The number of nitrogens with zero attached hydrogens (tertiary/aromatic N) is 3. The van der Waals surface area contributed by atoms with Gasteiger partial charge in [-0.15, -0.1) is 5.10 Å². The number of benzene rings is 2. The Morgan fingerprint density at radius 2 is 1.89 bits per heavy atom. The maximum absolute atomic E-state index is 11.2. The van der Waals surface area contributed by atoms with Crippen molar-refractivity contribution in [1.82, 2.24) is 15.0 Å². The lowest BCUT2D eigenvalue weighted by Crippen LogP contribution is -2.10. The van der Waals surface area contributed by atoms with E-state index in [0.29, 0.717) is 5.56 Å². The number of primary amides is 1. The third-order valence-electron chi connectivity index (χ3n) is 3.01. The molecule has 0 aliphatic rings. The Labute approximate surface area is 109 Å². The van der Waals surface area contributed by atoms with E-state index < -0.39 is 5.91 Å². The molecule has 5 heteroatoms. The maximum Gasteiger partial charge on any atom is 0.248 e. The fraction of sp³-hybridized carbons (Fsp3) is 0.0714. The van der Waals surface area contributed by atoms with Gasteiger partial charge in [-0.3, -0.25) is 4.79 Å². The SMILES string of the molecule is Cc1ccc(-n2nnc3ccc(C(N)=O)cc32)cc1. The van der Waals surface area contributed by atoms with Crippen molar-refractivity contribution in [1.29, 1.82) is 0 Å². The van der Waals surface area contributed by atoms with Crippen LogP contribution < -0.4 is 5.73 Å². The first kappa shape index (κ1) is 11.4. The molecular weight excluding hydrogens is 240 g/mol. The number of rotatable bonds is 2. The molecule has 0 saturated carbocycles. The van der Waals surface area contributed by atoms with Crippen molar-refractivity contribution in [3.8, 4) is 5.69 Å². The highest BCUT2D eigenvalue weighted by Crippen LogP contribution is 2.18. The van der Waals surface area contributed by atoms with E-state index in [-0.39, 0.29) is 0 Å². The zero-order valence-electron chi connectivity index (χ0n) is 10.4. The summed E-state index contributed by atoms with van der Waals surface area (Å²) >= 11 is 0. The standard InChI is InChI=1S/C14H12N4O/c1-9-2-5-11(6-3-9)18-13-8-10(14(15)19)4-7-12(13)16-17-18/h2-8H,1H3,(H2,15,19). The van der Waals surface area contributed by atoms with Crippen molar-refractivity contribution in [2.24, 2.45) is 5.73 Å². The Kier molecular flexibility index (Phi) is 2.52. The van der Waals surface area contributed by atoms with Crippen LogP contribution in [-0.4, -0.2) is 20.9 Å². The minimum absolute atomic E-state index is 0.447. The lowest BCUT2D eigenvalue weighted by molar-refractivity contribution is 0.100. The molecule has 1 aromatic heterocycles. The van der Waals surface area contributed by atoms with Gasteiger partial charge in [-0.05, 0) is 37.3 Å². The summed E-state index contributed by atoms with van der Waals surface area (Å²) in [5.74, 6) is -0.460. The van der Waals surface area contributed by atoms with E-state index in [1.807, 2.05) is 31.2 Å². The molecule has 0 unspecified atom stereocenters. The zero-order valence-corrected chi connectivity index (χ0v) is 10.4. The van der Waals surface area contributed by atoms with Gasteiger partial charge in [0.1, 0.15) is 5.52 Å². The van der Waals surface area contributed by atoms with Crippen LogP contribution in [0, 0.1) is 6.92 Å². The fourth-order valence-corrected chi connectivity index (χ4v) is 1.95. The maximum atomic E-state index is 11.2. The topological polar surface area (TPSA) is 73.8 Å². The van der Waals surface area contributed by atoms with Crippen LogP contribution in [0.5, 0.6) is 0 Å². The van der Waals surface area contributed by atoms with Crippen LogP contribution >= 0.6 is 0 Å². The predicted molar refractivity (Wildman–Crippen MR) is 72.1 cm³/mol. The van der Waals surface area contributed by atoms with Crippen LogP contribution in [0.2, 0.25) is 0 Å². The summed E-state index contributed by atoms with van der Waals surface area (Å²) in [4.78, 5) is 11.2. The number of aromatic nitrogens is 3. The molecule has 0 spiro atoms. The fourth-order valence-electron chi connectivity index (χ4n) is 1.95. The summed E-state index contributed by atoms with van der Waals surface area (Å²) in [6, 6.07) is 13.0. The molecule has 19 heavy (non-hydrogen) atoms. The van der Waals surface area contributed by atoms with Gasteiger partial charge in [-0.2, -0.15) is 0 Å². The van der Waals surface area contributed by atoms with E-state index >= 15 is 0 Å². The monoisotopic (exact) mass is 252 g/mol. The summed E-state index contributed by atoms with van der Waals surface area (Å²) in [6.07, 6.45) is 0. The largest absolute Gasteiger partial charge is 0.366 e. The first-order valence-electron chi connectivity index (χ1n) is 5.87. The Morgan fingerprint density at radius 3 is 2.58 bits per heavy atom. The second-order valence-corrected chi connectivity index (χ2v) is 4.40. The third-order valence-corrected chi connectivity index (χ3v) is 3.01. The second kappa shape index (κ2) is 4.20. The van der Waals surface area contributed by atoms with Crippen molar-refractivity contribution in [3.63, 3.8) is 0 Å². The highest BCUT2D eigenvalue weighted by molar-refractivity contribution is 5.96. The minimum atomic E-state index is -0.460. The van der Waals surface area contributed by atoms with Crippen molar-refractivity contribution in [2.45, 2.75) is 6.92 Å². The molecule has 2 N–H and O–H groups in total. The molecule has 0 fully saturated rings. The number of hydrogen-bond donors (Lipinski definition) is 1. The van der Waals surface area contributed by atoms with Gasteiger partial charge in [0, 0.05) is 5.56 Å². The van der Waals surface area contributed by atoms with E-state index in [0.717, 1.165) is 16.7 Å². The van der Waals surface area contributed by atoms with Crippen LogP contribution in [0.3, 0.4) is 0 Å². The van der Waals surface area contributed by atoms with Gasteiger partial charge < -0.3 is 5.73 Å². The lowest BCUT2D eigenvalue weighted by Gasteiger charge is -2.03.